The number of nitrogens with zero attached hydrogens (tertiary/aromatic N) is 5. The number of aromatic nitrogens is 5. The standard InChI is InChI=1S/C31H32N6O4/c1-19-13-23(37-30(40)33-28(38)27(17-32)35-37)14-20(2)25(19)15-22-16-26(31(3)11-5-6-12-31)29(39)36(34-22)18-21-7-9-24(41-4)10-8-21/h7-10,13-14,16H,5-6,11-12,15,18H2,1-4H3,(H,33,38,40). The minimum Gasteiger partial charge on any atom is -0.497 e. The van der Waals surface area contributed by atoms with Crippen LogP contribution in [0.1, 0.15) is 71.8 Å². The molecule has 0 amide bonds. The number of ether oxygens (including phenoxy) is 1. The van der Waals surface area contributed by atoms with Crippen molar-refractivity contribution in [2.24, 2.45) is 0 Å². The van der Waals surface area contributed by atoms with Crippen LogP contribution in [-0.4, -0.2) is 31.7 Å². The van der Waals surface area contributed by atoms with E-state index < -0.39 is 11.2 Å². The summed E-state index contributed by atoms with van der Waals surface area (Å²) in [6.07, 6.45) is 4.61. The van der Waals surface area contributed by atoms with Gasteiger partial charge in [0.15, 0.2) is 0 Å². The third-order valence-electron chi connectivity index (χ3n) is 8.09. The first-order chi connectivity index (χ1) is 19.6. The van der Waals surface area contributed by atoms with E-state index in [9.17, 15) is 19.6 Å². The molecule has 0 saturated heterocycles. The minimum absolute atomic E-state index is 0.0606. The largest absolute Gasteiger partial charge is 0.497 e. The SMILES string of the molecule is COc1ccc(Cn2nc(Cc3c(C)cc(-n4nc(C#N)c(=O)[nH]c4=O)cc3C)cc(C3(C)CCCC3)c2=O)cc1. The van der Waals surface area contributed by atoms with Crippen LogP contribution in [0.4, 0.5) is 0 Å². The van der Waals surface area contributed by atoms with Gasteiger partial charge in [0.1, 0.15) is 11.8 Å². The summed E-state index contributed by atoms with van der Waals surface area (Å²) in [7, 11) is 1.62. The molecule has 0 aliphatic heterocycles. The molecule has 2 aromatic carbocycles. The molecule has 2 aromatic heterocycles. The van der Waals surface area contributed by atoms with Crippen LogP contribution in [0, 0.1) is 25.2 Å². The van der Waals surface area contributed by atoms with Gasteiger partial charge in [-0.3, -0.25) is 14.6 Å². The van der Waals surface area contributed by atoms with Crippen LogP contribution in [-0.2, 0) is 18.4 Å². The molecule has 1 aliphatic carbocycles. The first kappa shape index (κ1) is 27.8. The molecule has 1 N–H and O–H groups in total. The molecule has 10 nitrogen and oxygen atoms in total. The Labute approximate surface area is 236 Å². The molecule has 2 heterocycles. The van der Waals surface area contributed by atoms with Gasteiger partial charge in [-0.2, -0.15) is 15.0 Å². The molecule has 0 radical (unpaired) electrons. The Hall–Kier alpha value is -4.78. The van der Waals surface area contributed by atoms with Crippen molar-refractivity contribution in [2.75, 3.05) is 7.11 Å². The van der Waals surface area contributed by atoms with Gasteiger partial charge < -0.3 is 4.74 Å². The molecule has 41 heavy (non-hydrogen) atoms. The van der Waals surface area contributed by atoms with E-state index in [1.165, 1.54) is 0 Å². The molecule has 10 heteroatoms. The molecule has 0 bridgehead atoms. The fraction of sp³-hybridized carbons (Fsp3) is 0.355. The number of rotatable bonds is 7. The summed E-state index contributed by atoms with van der Waals surface area (Å²) >= 11 is 0. The average Bonchev–Trinajstić information content (AvgIpc) is 3.40. The zero-order valence-corrected chi connectivity index (χ0v) is 23.7. The summed E-state index contributed by atoms with van der Waals surface area (Å²) in [4.78, 5) is 40.1. The molecule has 1 fully saturated rings. The van der Waals surface area contributed by atoms with Gasteiger partial charge in [0.25, 0.3) is 11.1 Å². The maximum absolute atomic E-state index is 13.7. The smallest absolute Gasteiger partial charge is 0.349 e. The van der Waals surface area contributed by atoms with Crippen LogP contribution in [0.2, 0.25) is 0 Å². The van der Waals surface area contributed by atoms with Gasteiger partial charge in [-0.15, -0.1) is 5.10 Å². The van der Waals surface area contributed by atoms with Crippen LogP contribution in [0.3, 0.4) is 0 Å². The summed E-state index contributed by atoms with van der Waals surface area (Å²) in [5, 5.41) is 17.9. The Balaban J connectivity index is 1.56. The Morgan fingerprint density at radius 1 is 1.02 bits per heavy atom. The van der Waals surface area contributed by atoms with Crippen molar-refractivity contribution in [3.05, 3.63) is 113 Å². The van der Waals surface area contributed by atoms with Crippen LogP contribution < -0.4 is 21.5 Å². The quantitative estimate of drug-likeness (QED) is 0.371. The second kappa shape index (κ2) is 11.0. The van der Waals surface area contributed by atoms with Crippen LogP contribution in [0.15, 0.2) is 56.8 Å². The highest BCUT2D eigenvalue weighted by Crippen LogP contribution is 2.39. The van der Waals surface area contributed by atoms with Crippen LogP contribution in [0.25, 0.3) is 5.69 Å². The maximum Gasteiger partial charge on any atom is 0.349 e. The lowest BCUT2D eigenvalue weighted by Gasteiger charge is -2.25. The zero-order chi connectivity index (χ0) is 29.3. The van der Waals surface area contributed by atoms with E-state index in [4.69, 9.17) is 9.84 Å². The Bertz CT molecular complexity index is 1810. The minimum atomic E-state index is -0.818. The summed E-state index contributed by atoms with van der Waals surface area (Å²) in [5.41, 5.74) is 3.59. The zero-order valence-electron chi connectivity index (χ0n) is 23.7. The van der Waals surface area contributed by atoms with Crippen LogP contribution in [0.5, 0.6) is 5.75 Å². The number of hydrogen-bond acceptors (Lipinski definition) is 7. The molecule has 0 spiro atoms. The third kappa shape index (κ3) is 5.48. The lowest BCUT2D eigenvalue weighted by Crippen LogP contribution is -2.35. The van der Waals surface area contributed by atoms with Crippen molar-refractivity contribution in [2.45, 2.75) is 64.8 Å². The van der Waals surface area contributed by atoms with Crippen LogP contribution >= 0.6 is 0 Å². The predicted octanol–water partition coefficient (Wildman–Crippen LogP) is 3.45. The van der Waals surface area contributed by atoms with E-state index in [1.807, 2.05) is 44.2 Å². The van der Waals surface area contributed by atoms with Gasteiger partial charge in [0.05, 0.1) is 25.0 Å². The molecule has 1 saturated carbocycles. The number of nitrogens with one attached hydrogen (secondary N) is 1. The van der Waals surface area contributed by atoms with E-state index in [2.05, 4.69) is 17.0 Å². The van der Waals surface area contributed by atoms with Crippen molar-refractivity contribution in [1.29, 1.82) is 5.26 Å². The van der Waals surface area contributed by atoms with Crippen molar-refractivity contribution in [1.82, 2.24) is 24.5 Å². The fourth-order valence-electron chi connectivity index (χ4n) is 5.75. The highest BCUT2D eigenvalue weighted by molar-refractivity contribution is 5.46. The van der Waals surface area contributed by atoms with Gasteiger partial charge in [0, 0.05) is 12.0 Å². The van der Waals surface area contributed by atoms with Gasteiger partial charge in [-0.05, 0) is 84.7 Å². The van der Waals surface area contributed by atoms with Gasteiger partial charge in [-0.25, -0.2) is 9.48 Å². The molecule has 0 atom stereocenters. The topological polar surface area (TPSA) is 136 Å². The summed E-state index contributed by atoms with van der Waals surface area (Å²) < 4.78 is 7.87. The third-order valence-corrected chi connectivity index (χ3v) is 8.09. The van der Waals surface area contributed by atoms with Gasteiger partial charge in [-0.1, -0.05) is 31.9 Å². The molecule has 5 rings (SSSR count). The van der Waals surface area contributed by atoms with E-state index in [1.54, 1.807) is 30.0 Å². The Morgan fingerprint density at radius 2 is 1.68 bits per heavy atom. The number of H-pyrrole nitrogens is 1. The summed E-state index contributed by atoms with van der Waals surface area (Å²) in [5.74, 6) is 0.750. The lowest BCUT2D eigenvalue weighted by molar-refractivity contribution is 0.414. The van der Waals surface area contributed by atoms with E-state index in [0.29, 0.717) is 18.7 Å². The highest BCUT2D eigenvalue weighted by Gasteiger charge is 2.34. The number of methoxy groups -OCH3 is 1. The summed E-state index contributed by atoms with van der Waals surface area (Å²) in [6, 6.07) is 14.9. The number of hydrogen-bond donors (Lipinski definition) is 1. The van der Waals surface area contributed by atoms with Crippen molar-refractivity contribution in [3.8, 4) is 17.5 Å². The molecule has 4 aromatic rings. The van der Waals surface area contributed by atoms with Gasteiger partial charge in [0.2, 0.25) is 5.69 Å². The van der Waals surface area contributed by atoms with Crippen molar-refractivity contribution in [3.63, 3.8) is 0 Å². The number of benzene rings is 2. The number of nitriles is 1. The second-order valence-corrected chi connectivity index (χ2v) is 11.0. The average molecular weight is 553 g/mol. The second-order valence-electron chi connectivity index (χ2n) is 11.0. The molecule has 0 unspecified atom stereocenters. The van der Waals surface area contributed by atoms with Crippen molar-refractivity contribution >= 4 is 0 Å². The lowest BCUT2D eigenvalue weighted by atomic mass is 9.81. The summed E-state index contributed by atoms with van der Waals surface area (Å²) in [6.45, 7) is 6.38. The first-order valence-electron chi connectivity index (χ1n) is 13.6. The Morgan fingerprint density at radius 3 is 2.29 bits per heavy atom. The van der Waals surface area contributed by atoms with Gasteiger partial charge >= 0.3 is 5.69 Å². The van der Waals surface area contributed by atoms with E-state index in [-0.39, 0.29) is 16.7 Å². The normalized spacial score (nSPS) is 14.1. The predicted molar refractivity (Wildman–Crippen MR) is 154 cm³/mol. The van der Waals surface area contributed by atoms with E-state index >= 15 is 0 Å². The monoisotopic (exact) mass is 552 g/mol. The molecular weight excluding hydrogens is 520 g/mol. The van der Waals surface area contributed by atoms with E-state index in [0.717, 1.165) is 69.6 Å². The Kier molecular flexibility index (Phi) is 7.45. The molecule has 1 aliphatic rings. The molecular formula is C31H32N6O4. The number of aromatic amines is 1. The number of aryl methyl sites for hydroxylation is 2. The highest BCUT2D eigenvalue weighted by atomic mass is 16.5. The van der Waals surface area contributed by atoms with Crippen molar-refractivity contribution < 1.29 is 4.74 Å². The molecule has 210 valence electrons. The maximum atomic E-state index is 13.7. The fourth-order valence-corrected chi connectivity index (χ4v) is 5.75. The first-order valence-corrected chi connectivity index (χ1v) is 13.6.